The molecule has 1 heterocycles. The number of amides is 1. The first-order valence-corrected chi connectivity index (χ1v) is 8.11. The van der Waals surface area contributed by atoms with Gasteiger partial charge in [0.15, 0.2) is 0 Å². The highest BCUT2D eigenvalue weighted by atomic mass is 16.2. The fourth-order valence-electron chi connectivity index (χ4n) is 4.01. The summed E-state index contributed by atoms with van der Waals surface area (Å²) in [4.78, 5) is 14.7. The second kappa shape index (κ2) is 6.74. The largest absolute Gasteiger partial charge is 0.339 e. The molecule has 2 aliphatic rings. The third kappa shape index (κ3) is 3.71. The molecule has 110 valence electrons. The first-order chi connectivity index (χ1) is 9.11. The number of carbonyl (C=O) groups is 1. The van der Waals surface area contributed by atoms with E-state index in [1.807, 2.05) is 0 Å². The molecule has 2 unspecified atom stereocenters. The molecule has 0 bridgehead atoms. The molecule has 0 aromatic heterocycles. The Labute approximate surface area is 117 Å². The first-order valence-electron chi connectivity index (χ1n) is 8.11. The van der Waals surface area contributed by atoms with Crippen LogP contribution in [0.1, 0.15) is 58.8 Å². The van der Waals surface area contributed by atoms with E-state index in [2.05, 4.69) is 18.7 Å². The van der Waals surface area contributed by atoms with E-state index >= 15 is 0 Å². The Morgan fingerprint density at radius 1 is 1.26 bits per heavy atom. The molecule has 3 nitrogen and oxygen atoms in total. The highest BCUT2D eigenvalue weighted by molar-refractivity contribution is 5.77. The number of nitrogens with zero attached hydrogens (tertiary/aromatic N) is 1. The summed E-state index contributed by atoms with van der Waals surface area (Å²) < 4.78 is 0. The van der Waals surface area contributed by atoms with Crippen molar-refractivity contribution in [3.63, 3.8) is 0 Å². The highest BCUT2D eigenvalue weighted by Crippen LogP contribution is 2.36. The lowest BCUT2D eigenvalue weighted by Crippen LogP contribution is -2.40. The Morgan fingerprint density at radius 2 is 2.00 bits per heavy atom. The van der Waals surface area contributed by atoms with Crippen LogP contribution < -0.4 is 5.73 Å². The van der Waals surface area contributed by atoms with Gasteiger partial charge >= 0.3 is 0 Å². The molecule has 2 rings (SSSR count). The van der Waals surface area contributed by atoms with E-state index in [4.69, 9.17) is 5.73 Å². The fourth-order valence-corrected chi connectivity index (χ4v) is 4.01. The first kappa shape index (κ1) is 14.8. The van der Waals surface area contributed by atoms with Crippen molar-refractivity contribution in [1.82, 2.24) is 4.90 Å². The van der Waals surface area contributed by atoms with Gasteiger partial charge in [-0.05, 0) is 50.0 Å². The molecule has 1 saturated carbocycles. The lowest BCUT2D eigenvalue weighted by molar-refractivity contribution is -0.133. The molecule has 19 heavy (non-hydrogen) atoms. The van der Waals surface area contributed by atoms with Crippen molar-refractivity contribution in [2.24, 2.45) is 23.5 Å². The van der Waals surface area contributed by atoms with Crippen molar-refractivity contribution in [2.45, 2.75) is 64.8 Å². The normalized spacial score (nSPS) is 28.5. The molecule has 2 N–H and O–H groups in total. The molecular formula is C16H30N2O. The van der Waals surface area contributed by atoms with Crippen LogP contribution >= 0.6 is 0 Å². The minimum absolute atomic E-state index is 0.366. The van der Waals surface area contributed by atoms with Gasteiger partial charge in [-0.1, -0.05) is 26.7 Å². The zero-order valence-corrected chi connectivity index (χ0v) is 12.6. The molecule has 0 aromatic carbocycles. The van der Waals surface area contributed by atoms with Crippen molar-refractivity contribution in [3.8, 4) is 0 Å². The third-order valence-corrected chi connectivity index (χ3v) is 4.93. The van der Waals surface area contributed by atoms with Crippen molar-refractivity contribution in [1.29, 1.82) is 0 Å². The summed E-state index contributed by atoms with van der Waals surface area (Å²) in [5.74, 6) is 2.15. The van der Waals surface area contributed by atoms with Crippen LogP contribution in [0.25, 0.3) is 0 Å². The minimum Gasteiger partial charge on any atom is -0.339 e. The number of carbonyl (C=O) groups excluding carboxylic acids is 1. The number of fused-ring (bicyclic) bond motifs is 1. The summed E-state index contributed by atoms with van der Waals surface area (Å²) in [6.45, 7) is 6.05. The average molecular weight is 266 g/mol. The van der Waals surface area contributed by atoms with Crippen LogP contribution in [0.2, 0.25) is 0 Å². The highest BCUT2D eigenvalue weighted by Gasteiger charge is 2.38. The molecule has 0 spiro atoms. The lowest BCUT2D eigenvalue weighted by atomic mass is 9.85. The molecule has 0 aromatic rings. The summed E-state index contributed by atoms with van der Waals surface area (Å²) in [5.41, 5.74) is 5.83. The standard InChI is InChI=1S/C16H30N2O/c1-12(2)9-13(11-17)10-16(19)18-8-7-14-5-3-4-6-15(14)18/h12-15H,3-11,17H2,1-2H3/t13-,14?,15?/m0/s1. The Kier molecular flexibility index (Phi) is 5.26. The molecular weight excluding hydrogens is 236 g/mol. The maximum Gasteiger partial charge on any atom is 0.223 e. The smallest absolute Gasteiger partial charge is 0.223 e. The van der Waals surface area contributed by atoms with Crippen molar-refractivity contribution >= 4 is 5.91 Å². The SMILES string of the molecule is CC(C)C[C@H](CN)CC(=O)N1CCC2CCCCC21. The van der Waals surface area contributed by atoms with Crippen molar-refractivity contribution in [2.75, 3.05) is 13.1 Å². The Balaban J connectivity index is 1.88. The van der Waals surface area contributed by atoms with E-state index in [1.54, 1.807) is 0 Å². The fraction of sp³-hybridized carbons (Fsp3) is 0.938. The molecule has 0 radical (unpaired) electrons. The molecule has 3 heteroatoms. The van der Waals surface area contributed by atoms with Crippen molar-refractivity contribution in [3.05, 3.63) is 0 Å². The van der Waals surface area contributed by atoms with Crippen molar-refractivity contribution < 1.29 is 4.79 Å². The lowest BCUT2D eigenvalue weighted by Gasteiger charge is -2.32. The van der Waals surface area contributed by atoms with Gasteiger partial charge in [0.2, 0.25) is 5.91 Å². The molecule has 1 aliphatic heterocycles. The monoisotopic (exact) mass is 266 g/mol. The summed E-state index contributed by atoms with van der Waals surface area (Å²) >= 11 is 0. The Hall–Kier alpha value is -0.570. The molecule has 1 saturated heterocycles. The van der Waals surface area contributed by atoms with Gasteiger partial charge in [-0.3, -0.25) is 4.79 Å². The molecule has 2 fully saturated rings. The Bertz CT molecular complexity index is 303. The second-order valence-corrected chi connectivity index (χ2v) is 6.92. The predicted octanol–water partition coefficient (Wildman–Crippen LogP) is 2.79. The number of rotatable bonds is 5. The van der Waals surface area contributed by atoms with E-state index in [1.165, 1.54) is 32.1 Å². The second-order valence-electron chi connectivity index (χ2n) is 6.92. The molecule has 3 atom stereocenters. The van der Waals surface area contributed by atoms with Crippen LogP contribution in [0.15, 0.2) is 0 Å². The van der Waals surface area contributed by atoms with Gasteiger partial charge in [-0.15, -0.1) is 0 Å². The maximum atomic E-state index is 12.5. The van der Waals surface area contributed by atoms with Gasteiger partial charge in [-0.25, -0.2) is 0 Å². The van der Waals surface area contributed by atoms with E-state index in [0.29, 0.717) is 36.8 Å². The van der Waals surface area contributed by atoms with Gasteiger partial charge in [0.05, 0.1) is 0 Å². The van der Waals surface area contributed by atoms with Crippen LogP contribution in [0.5, 0.6) is 0 Å². The van der Waals surface area contributed by atoms with Gasteiger partial charge in [0, 0.05) is 19.0 Å². The zero-order valence-electron chi connectivity index (χ0n) is 12.6. The maximum absolute atomic E-state index is 12.5. The summed E-state index contributed by atoms with van der Waals surface area (Å²) in [6.07, 6.45) is 8.20. The third-order valence-electron chi connectivity index (χ3n) is 4.93. The Morgan fingerprint density at radius 3 is 2.68 bits per heavy atom. The number of hydrogen-bond donors (Lipinski definition) is 1. The van der Waals surface area contributed by atoms with Crippen LogP contribution in [-0.2, 0) is 4.79 Å². The zero-order chi connectivity index (χ0) is 13.8. The van der Waals surface area contributed by atoms with Crippen LogP contribution in [0, 0.1) is 17.8 Å². The van der Waals surface area contributed by atoms with E-state index < -0.39 is 0 Å². The summed E-state index contributed by atoms with van der Waals surface area (Å²) in [5, 5.41) is 0. The molecule has 1 amide bonds. The average Bonchev–Trinajstić information content (AvgIpc) is 2.81. The summed E-state index contributed by atoms with van der Waals surface area (Å²) in [7, 11) is 0. The van der Waals surface area contributed by atoms with Gasteiger partial charge in [-0.2, -0.15) is 0 Å². The number of likely N-dealkylation sites (tertiary alicyclic amines) is 1. The topological polar surface area (TPSA) is 46.3 Å². The van der Waals surface area contributed by atoms with Crippen LogP contribution in [-0.4, -0.2) is 29.9 Å². The van der Waals surface area contributed by atoms with E-state index in [0.717, 1.165) is 18.9 Å². The number of nitrogens with two attached hydrogens (primary N) is 1. The molecule has 1 aliphatic carbocycles. The van der Waals surface area contributed by atoms with Gasteiger partial charge in [0.25, 0.3) is 0 Å². The quantitative estimate of drug-likeness (QED) is 0.831. The predicted molar refractivity (Wildman–Crippen MR) is 78.7 cm³/mol. The number of hydrogen-bond acceptors (Lipinski definition) is 2. The van der Waals surface area contributed by atoms with E-state index in [-0.39, 0.29) is 0 Å². The summed E-state index contributed by atoms with van der Waals surface area (Å²) in [6, 6.07) is 0.554. The van der Waals surface area contributed by atoms with Crippen LogP contribution in [0.3, 0.4) is 0 Å². The van der Waals surface area contributed by atoms with Gasteiger partial charge in [0.1, 0.15) is 0 Å². The minimum atomic E-state index is 0.366. The van der Waals surface area contributed by atoms with E-state index in [9.17, 15) is 4.79 Å². The van der Waals surface area contributed by atoms with Gasteiger partial charge < -0.3 is 10.6 Å². The van der Waals surface area contributed by atoms with Crippen LogP contribution in [0.4, 0.5) is 0 Å².